The SMILES string of the molecule is CCC1=C(C(=O)OC)[C@H](c2ccc(C)cc2)N2C(CC(=O)NCc3ccc(F)cc3)=CSC2=N1. The first-order chi connectivity index (χ1) is 16.4. The van der Waals surface area contributed by atoms with Crippen molar-refractivity contribution in [1.29, 1.82) is 0 Å². The first kappa shape index (κ1) is 23.8. The second kappa shape index (κ2) is 10.3. The molecule has 2 aromatic rings. The van der Waals surface area contributed by atoms with Crippen LogP contribution in [0.1, 0.15) is 42.5 Å². The molecule has 34 heavy (non-hydrogen) atoms. The fraction of sp³-hybridized carbons (Fsp3) is 0.269. The van der Waals surface area contributed by atoms with Gasteiger partial charge in [-0.25, -0.2) is 14.2 Å². The molecule has 0 saturated heterocycles. The number of hydrogen-bond donors (Lipinski definition) is 1. The summed E-state index contributed by atoms with van der Waals surface area (Å²) in [6.07, 6.45) is 0.698. The van der Waals surface area contributed by atoms with E-state index in [2.05, 4.69) is 5.32 Å². The Hall–Kier alpha value is -3.39. The minimum atomic E-state index is -0.443. The number of fused-ring (bicyclic) bond motifs is 1. The molecule has 4 rings (SSSR count). The van der Waals surface area contributed by atoms with Gasteiger partial charge in [-0.2, -0.15) is 0 Å². The highest BCUT2D eigenvalue weighted by Crippen LogP contribution is 2.45. The number of hydrogen-bond acceptors (Lipinski definition) is 6. The molecule has 0 radical (unpaired) electrons. The van der Waals surface area contributed by atoms with Crippen LogP contribution >= 0.6 is 11.8 Å². The van der Waals surface area contributed by atoms with Crippen LogP contribution < -0.4 is 5.32 Å². The maximum absolute atomic E-state index is 13.1. The lowest BCUT2D eigenvalue weighted by Gasteiger charge is -2.36. The van der Waals surface area contributed by atoms with E-state index < -0.39 is 12.0 Å². The van der Waals surface area contributed by atoms with Gasteiger partial charge in [0.2, 0.25) is 5.91 Å². The van der Waals surface area contributed by atoms with Crippen molar-refractivity contribution in [3.8, 4) is 0 Å². The van der Waals surface area contributed by atoms with Crippen LogP contribution in [0.2, 0.25) is 0 Å². The lowest BCUT2D eigenvalue weighted by atomic mass is 9.92. The number of thioether (sulfide) groups is 1. The minimum Gasteiger partial charge on any atom is -0.466 e. The fourth-order valence-electron chi connectivity index (χ4n) is 4.01. The number of nitrogens with one attached hydrogen (secondary N) is 1. The number of rotatable bonds is 7. The molecule has 1 N–H and O–H groups in total. The number of aryl methyl sites for hydroxylation is 1. The predicted molar refractivity (Wildman–Crippen MR) is 131 cm³/mol. The van der Waals surface area contributed by atoms with Gasteiger partial charge in [0.1, 0.15) is 5.82 Å². The van der Waals surface area contributed by atoms with Crippen molar-refractivity contribution >= 4 is 28.8 Å². The van der Waals surface area contributed by atoms with Crippen LogP contribution in [0.3, 0.4) is 0 Å². The minimum absolute atomic E-state index is 0.117. The largest absolute Gasteiger partial charge is 0.466 e. The third-order valence-corrected chi connectivity index (χ3v) is 6.66. The molecule has 0 aliphatic carbocycles. The van der Waals surface area contributed by atoms with E-state index >= 15 is 0 Å². The molecule has 2 aliphatic rings. The van der Waals surface area contributed by atoms with Crippen molar-refractivity contribution in [2.45, 2.75) is 39.3 Å². The molecule has 6 nitrogen and oxygen atoms in total. The predicted octanol–water partition coefficient (Wildman–Crippen LogP) is 4.98. The molecule has 0 bridgehead atoms. The van der Waals surface area contributed by atoms with E-state index in [9.17, 15) is 14.0 Å². The van der Waals surface area contributed by atoms with Gasteiger partial charge >= 0.3 is 5.97 Å². The second-order valence-corrected chi connectivity index (χ2v) is 8.93. The Morgan fingerprint density at radius 1 is 1.15 bits per heavy atom. The van der Waals surface area contributed by atoms with Gasteiger partial charge in [0.15, 0.2) is 5.17 Å². The van der Waals surface area contributed by atoms with Gasteiger partial charge in [0.05, 0.1) is 30.8 Å². The third-order valence-electron chi connectivity index (χ3n) is 5.77. The van der Waals surface area contributed by atoms with Crippen LogP contribution in [0.25, 0.3) is 0 Å². The normalized spacial score (nSPS) is 17.2. The Bertz CT molecular complexity index is 1190. The number of carbonyl (C=O) groups excluding carboxylic acids is 2. The highest BCUT2D eigenvalue weighted by molar-refractivity contribution is 8.16. The number of esters is 1. The zero-order chi connectivity index (χ0) is 24.2. The number of methoxy groups -OCH3 is 1. The summed E-state index contributed by atoms with van der Waals surface area (Å²) >= 11 is 1.44. The van der Waals surface area contributed by atoms with Gasteiger partial charge < -0.3 is 15.0 Å². The molecule has 0 fully saturated rings. The zero-order valence-corrected chi connectivity index (χ0v) is 20.1. The standard InChI is InChI=1S/C26H26FN3O3S/c1-4-21-23(25(32)33-3)24(18-9-5-16(2)6-10-18)30-20(15-34-26(30)29-21)13-22(31)28-14-17-7-11-19(27)12-8-17/h5-12,15,24H,4,13-14H2,1-3H3,(H,28,31)/t24-/m0/s1. The van der Waals surface area contributed by atoms with Crippen molar-refractivity contribution in [2.75, 3.05) is 7.11 Å². The summed E-state index contributed by atoms with van der Waals surface area (Å²) in [5.41, 5.74) is 4.77. The molecule has 2 aromatic carbocycles. The lowest BCUT2D eigenvalue weighted by molar-refractivity contribution is -0.136. The first-order valence-electron chi connectivity index (χ1n) is 11.0. The van der Waals surface area contributed by atoms with Gasteiger partial charge in [-0.15, -0.1) is 0 Å². The topological polar surface area (TPSA) is 71.0 Å². The molecular weight excluding hydrogens is 453 g/mol. The Labute approximate surface area is 202 Å². The second-order valence-electron chi connectivity index (χ2n) is 8.09. The summed E-state index contributed by atoms with van der Waals surface area (Å²) < 4.78 is 18.3. The maximum Gasteiger partial charge on any atom is 0.338 e. The van der Waals surface area contributed by atoms with Crippen molar-refractivity contribution < 1.29 is 18.7 Å². The molecule has 176 valence electrons. The van der Waals surface area contributed by atoms with Gasteiger partial charge in [0.25, 0.3) is 0 Å². The zero-order valence-electron chi connectivity index (χ0n) is 19.3. The Kier molecular flexibility index (Phi) is 7.17. The molecule has 2 aliphatic heterocycles. The molecule has 8 heteroatoms. The molecule has 0 unspecified atom stereocenters. The number of ether oxygens (including phenoxy) is 1. The molecule has 1 amide bonds. The van der Waals surface area contributed by atoms with Crippen LogP contribution in [0.5, 0.6) is 0 Å². The highest BCUT2D eigenvalue weighted by Gasteiger charge is 2.41. The summed E-state index contributed by atoms with van der Waals surface area (Å²) in [6.45, 7) is 4.27. The summed E-state index contributed by atoms with van der Waals surface area (Å²) in [5, 5.41) is 5.53. The molecule has 2 heterocycles. The number of allylic oxidation sites excluding steroid dienone is 1. The Morgan fingerprint density at radius 2 is 1.85 bits per heavy atom. The van der Waals surface area contributed by atoms with Crippen molar-refractivity contribution in [3.63, 3.8) is 0 Å². The number of halogens is 1. The van der Waals surface area contributed by atoms with Gasteiger partial charge in [-0.05, 0) is 42.0 Å². The van der Waals surface area contributed by atoms with E-state index in [0.717, 1.165) is 27.6 Å². The van der Waals surface area contributed by atoms with Crippen molar-refractivity contribution in [2.24, 2.45) is 4.99 Å². The average molecular weight is 480 g/mol. The lowest BCUT2D eigenvalue weighted by Crippen LogP contribution is -2.38. The van der Waals surface area contributed by atoms with E-state index in [-0.39, 0.29) is 18.1 Å². The number of aliphatic imine (C=N–C) groups is 1. The van der Waals surface area contributed by atoms with Crippen LogP contribution in [0, 0.1) is 12.7 Å². The van der Waals surface area contributed by atoms with Crippen LogP contribution in [-0.4, -0.2) is 29.1 Å². The number of carbonyl (C=O) groups is 2. The van der Waals surface area contributed by atoms with E-state index in [4.69, 9.17) is 9.73 Å². The van der Waals surface area contributed by atoms with Gasteiger partial charge in [0, 0.05) is 12.2 Å². The number of amidine groups is 1. The van der Waals surface area contributed by atoms with Crippen LogP contribution in [-0.2, 0) is 20.9 Å². The van der Waals surface area contributed by atoms with E-state index in [0.29, 0.717) is 24.2 Å². The maximum atomic E-state index is 13.1. The molecular formula is C26H26FN3O3S. The summed E-state index contributed by atoms with van der Waals surface area (Å²) in [7, 11) is 1.37. The van der Waals surface area contributed by atoms with Crippen molar-refractivity contribution in [3.05, 3.63) is 93.4 Å². The molecule has 1 atom stereocenters. The summed E-state index contributed by atoms with van der Waals surface area (Å²) in [5.74, 6) is -0.921. The number of nitrogens with zero attached hydrogens (tertiary/aromatic N) is 2. The van der Waals surface area contributed by atoms with E-state index in [1.165, 1.54) is 31.0 Å². The summed E-state index contributed by atoms with van der Waals surface area (Å²) in [6, 6.07) is 13.6. The van der Waals surface area contributed by atoms with Crippen molar-refractivity contribution in [1.82, 2.24) is 10.2 Å². The van der Waals surface area contributed by atoms with Crippen LogP contribution in [0.4, 0.5) is 4.39 Å². The molecule has 0 spiro atoms. The summed E-state index contributed by atoms with van der Waals surface area (Å²) in [4.78, 5) is 32.4. The molecule has 0 saturated carbocycles. The number of amides is 1. The smallest absolute Gasteiger partial charge is 0.338 e. The van der Waals surface area contributed by atoms with E-state index in [1.54, 1.807) is 12.1 Å². The van der Waals surface area contributed by atoms with Gasteiger partial charge in [-0.1, -0.05) is 60.6 Å². The monoisotopic (exact) mass is 479 g/mol. The number of benzene rings is 2. The van der Waals surface area contributed by atoms with Gasteiger partial charge in [-0.3, -0.25) is 4.79 Å². The van der Waals surface area contributed by atoms with Crippen LogP contribution in [0.15, 0.2) is 75.9 Å². The fourth-order valence-corrected chi connectivity index (χ4v) is 4.94. The molecule has 0 aromatic heterocycles. The highest BCUT2D eigenvalue weighted by atomic mass is 32.2. The quantitative estimate of drug-likeness (QED) is 0.568. The Morgan fingerprint density at radius 3 is 2.50 bits per heavy atom. The third kappa shape index (κ3) is 4.92. The first-order valence-corrected chi connectivity index (χ1v) is 11.9. The van der Waals surface area contributed by atoms with E-state index in [1.807, 2.05) is 48.4 Å². The Balaban J connectivity index is 1.60. The average Bonchev–Trinajstić information content (AvgIpc) is 3.24.